The van der Waals surface area contributed by atoms with Crippen molar-refractivity contribution >= 4 is 29.3 Å². The summed E-state index contributed by atoms with van der Waals surface area (Å²) in [6.07, 6.45) is 4.04. The highest BCUT2D eigenvalue weighted by Crippen LogP contribution is 2.50. The summed E-state index contributed by atoms with van der Waals surface area (Å²) in [7, 11) is 0. The maximum atomic E-state index is 13.0. The molecule has 0 saturated carbocycles. The zero-order valence-electron chi connectivity index (χ0n) is 12.7. The number of aryl methyl sites for hydroxylation is 1. The van der Waals surface area contributed by atoms with Crippen molar-refractivity contribution in [3.63, 3.8) is 0 Å². The first-order valence-electron chi connectivity index (χ1n) is 7.72. The number of hydrogen-bond acceptors (Lipinski definition) is 3. The Bertz CT molecular complexity index is 754. The Morgan fingerprint density at radius 1 is 1.39 bits per heavy atom. The van der Waals surface area contributed by atoms with E-state index in [1.165, 1.54) is 0 Å². The summed E-state index contributed by atoms with van der Waals surface area (Å²) >= 11 is 1.58. The van der Waals surface area contributed by atoms with Gasteiger partial charge in [0.15, 0.2) is 0 Å². The Hall–Kier alpha value is -2.01. The standard InChI is InChI=1S/C18H17NO3S/c1-10-3-2-4-12(7-10)19-9-11-8-14-13(5-6-23-14)16(18(21)22)15(11)17(19)20/h2-8,11,13,15-16H,9H2,1H3,(H,21,22)/t11-,13-,15-,16+/m0/s1. The van der Waals surface area contributed by atoms with E-state index in [0.717, 1.165) is 16.2 Å². The number of benzene rings is 1. The van der Waals surface area contributed by atoms with Gasteiger partial charge in [-0.3, -0.25) is 9.59 Å². The van der Waals surface area contributed by atoms with E-state index in [1.807, 2.05) is 42.7 Å². The highest BCUT2D eigenvalue weighted by atomic mass is 32.2. The van der Waals surface area contributed by atoms with Crippen molar-refractivity contribution in [1.29, 1.82) is 0 Å². The largest absolute Gasteiger partial charge is 0.481 e. The minimum atomic E-state index is -0.873. The third kappa shape index (κ3) is 2.22. The molecule has 5 heteroatoms. The maximum Gasteiger partial charge on any atom is 0.308 e. The van der Waals surface area contributed by atoms with E-state index in [-0.39, 0.29) is 17.7 Å². The lowest BCUT2D eigenvalue weighted by Crippen LogP contribution is -2.39. The van der Waals surface area contributed by atoms with Crippen molar-refractivity contribution in [3.05, 3.63) is 52.3 Å². The third-order valence-corrected chi connectivity index (χ3v) is 5.95. The van der Waals surface area contributed by atoms with Gasteiger partial charge in [0, 0.05) is 24.1 Å². The van der Waals surface area contributed by atoms with Crippen molar-refractivity contribution in [2.45, 2.75) is 6.92 Å². The van der Waals surface area contributed by atoms with Crippen molar-refractivity contribution in [3.8, 4) is 0 Å². The van der Waals surface area contributed by atoms with Gasteiger partial charge in [-0.15, -0.1) is 11.8 Å². The molecule has 0 spiro atoms. The number of carboxylic acid groups (broad SMARTS) is 1. The fourth-order valence-electron chi connectivity index (χ4n) is 3.95. The molecule has 1 aliphatic carbocycles. The molecule has 1 amide bonds. The number of carbonyl (C=O) groups excluding carboxylic acids is 1. The molecule has 1 saturated heterocycles. The van der Waals surface area contributed by atoms with E-state index in [2.05, 4.69) is 6.08 Å². The van der Waals surface area contributed by atoms with Gasteiger partial charge in [-0.1, -0.05) is 24.3 Å². The van der Waals surface area contributed by atoms with Gasteiger partial charge in [-0.05, 0) is 34.9 Å². The van der Waals surface area contributed by atoms with Crippen molar-refractivity contribution in [1.82, 2.24) is 0 Å². The Morgan fingerprint density at radius 2 is 2.22 bits per heavy atom. The molecule has 0 unspecified atom stereocenters. The van der Waals surface area contributed by atoms with Crippen molar-refractivity contribution < 1.29 is 14.7 Å². The number of aliphatic carboxylic acids is 1. The first-order chi connectivity index (χ1) is 11.1. The zero-order valence-corrected chi connectivity index (χ0v) is 13.5. The summed E-state index contributed by atoms with van der Waals surface area (Å²) in [6, 6.07) is 7.82. The van der Waals surface area contributed by atoms with E-state index >= 15 is 0 Å². The Labute approximate surface area is 138 Å². The Balaban J connectivity index is 1.73. The van der Waals surface area contributed by atoms with Gasteiger partial charge < -0.3 is 10.0 Å². The fraction of sp³-hybridized carbons (Fsp3) is 0.333. The van der Waals surface area contributed by atoms with Gasteiger partial charge >= 0.3 is 5.97 Å². The molecule has 4 nitrogen and oxygen atoms in total. The van der Waals surface area contributed by atoms with Crippen LogP contribution < -0.4 is 4.90 Å². The fourth-order valence-corrected chi connectivity index (χ4v) is 4.99. The molecular formula is C18H17NO3S. The highest BCUT2D eigenvalue weighted by Gasteiger charge is 2.53. The second-order valence-electron chi connectivity index (χ2n) is 6.38. The molecule has 0 radical (unpaired) electrons. The molecule has 0 bridgehead atoms. The van der Waals surface area contributed by atoms with Gasteiger partial charge in [0.05, 0.1) is 11.8 Å². The smallest absolute Gasteiger partial charge is 0.308 e. The summed E-state index contributed by atoms with van der Waals surface area (Å²) in [5.41, 5.74) is 1.95. The second kappa shape index (κ2) is 5.27. The lowest BCUT2D eigenvalue weighted by Gasteiger charge is -2.31. The van der Waals surface area contributed by atoms with Crippen LogP contribution in [0.1, 0.15) is 5.56 Å². The minimum Gasteiger partial charge on any atom is -0.481 e. The number of thioether (sulfide) groups is 1. The van der Waals surface area contributed by atoms with E-state index < -0.39 is 17.8 Å². The average molecular weight is 327 g/mol. The molecular weight excluding hydrogens is 310 g/mol. The number of nitrogens with zero attached hydrogens (tertiary/aromatic N) is 1. The van der Waals surface area contributed by atoms with E-state index in [9.17, 15) is 14.7 Å². The quantitative estimate of drug-likeness (QED) is 0.907. The first-order valence-corrected chi connectivity index (χ1v) is 8.60. The molecule has 4 atom stereocenters. The summed E-state index contributed by atoms with van der Waals surface area (Å²) in [5, 5.41) is 11.7. The normalized spacial score (nSPS) is 31.8. The molecule has 4 rings (SSSR count). The summed E-state index contributed by atoms with van der Waals surface area (Å²) < 4.78 is 0. The lowest BCUT2D eigenvalue weighted by atomic mass is 9.71. The van der Waals surface area contributed by atoms with Crippen LogP contribution >= 0.6 is 11.8 Å². The molecule has 1 aromatic rings. The molecule has 0 aromatic heterocycles. The number of amides is 1. The number of allylic oxidation sites excluding steroid dienone is 2. The molecule has 2 aliphatic heterocycles. The summed E-state index contributed by atoms with van der Waals surface area (Å²) in [4.78, 5) is 27.6. The molecule has 1 aromatic carbocycles. The SMILES string of the molecule is Cc1cccc(N2C[C@@H]3C=C4SC=C[C@@H]4[C@@H](C(=O)O)[C@H]3C2=O)c1. The molecule has 23 heavy (non-hydrogen) atoms. The van der Waals surface area contributed by atoms with Crippen LogP contribution in [0.3, 0.4) is 0 Å². The number of hydrogen-bond donors (Lipinski definition) is 1. The molecule has 1 fully saturated rings. The van der Waals surface area contributed by atoms with Crippen LogP contribution in [0.4, 0.5) is 5.69 Å². The topological polar surface area (TPSA) is 57.6 Å². The molecule has 3 aliphatic rings. The number of carbonyl (C=O) groups is 2. The van der Waals surface area contributed by atoms with Gasteiger partial charge in [0.1, 0.15) is 0 Å². The number of fused-ring (bicyclic) bond motifs is 2. The molecule has 118 valence electrons. The minimum absolute atomic E-state index is 0.0252. The van der Waals surface area contributed by atoms with Crippen molar-refractivity contribution in [2.24, 2.45) is 23.7 Å². The van der Waals surface area contributed by atoms with Crippen LogP contribution in [-0.4, -0.2) is 23.5 Å². The lowest BCUT2D eigenvalue weighted by molar-refractivity contribution is -0.148. The first kappa shape index (κ1) is 14.6. The van der Waals surface area contributed by atoms with Crippen LogP contribution in [0.25, 0.3) is 0 Å². The second-order valence-corrected chi connectivity index (χ2v) is 7.36. The Morgan fingerprint density at radius 3 is 2.96 bits per heavy atom. The van der Waals surface area contributed by atoms with E-state index in [1.54, 1.807) is 16.7 Å². The van der Waals surface area contributed by atoms with Crippen LogP contribution in [0.15, 0.2) is 46.7 Å². The molecule has 1 N–H and O–H groups in total. The number of carboxylic acids is 1. The van der Waals surface area contributed by atoms with Gasteiger partial charge in [0.25, 0.3) is 0 Å². The molecule has 2 heterocycles. The van der Waals surface area contributed by atoms with E-state index in [4.69, 9.17) is 0 Å². The van der Waals surface area contributed by atoms with Crippen LogP contribution in [0.5, 0.6) is 0 Å². The van der Waals surface area contributed by atoms with E-state index in [0.29, 0.717) is 6.54 Å². The van der Waals surface area contributed by atoms with Crippen molar-refractivity contribution in [2.75, 3.05) is 11.4 Å². The maximum absolute atomic E-state index is 13.0. The van der Waals surface area contributed by atoms with Gasteiger partial charge in [0.2, 0.25) is 5.91 Å². The zero-order chi connectivity index (χ0) is 16.1. The monoisotopic (exact) mass is 327 g/mol. The average Bonchev–Trinajstić information content (AvgIpc) is 3.09. The number of anilines is 1. The summed E-state index contributed by atoms with van der Waals surface area (Å²) in [5.74, 6) is -2.24. The predicted octanol–water partition coefficient (Wildman–Crippen LogP) is 3.05. The van der Waals surface area contributed by atoms with Crippen LogP contribution in [0, 0.1) is 30.6 Å². The van der Waals surface area contributed by atoms with Gasteiger partial charge in [-0.2, -0.15) is 0 Å². The van der Waals surface area contributed by atoms with Crippen LogP contribution in [0.2, 0.25) is 0 Å². The van der Waals surface area contributed by atoms with Gasteiger partial charge in [-0.25, -0.2) is 0 Å². The highest BCUT2D eigenvalue weighted by molar-refractivity contribution is 8.06. The Kier molecular flexibility index (Phi) is 3.34. The summed E-state index contributed by atoms with van der Waals surface area (Å²) in [6.45, 7) is 2.55. The van der Waals surface area contributed by atoms with Crippen LogP contribution in [-0.2, 0) is 9.59 Å². The predicted molar refractivity (Wildman–Crippen MR) is 89.9 cm³/mol. The third-order valence-electron chi connectivity index (χ3n) is 4.98. The number of rotatable bonds is 2.